The Hall–Kier alpha value is 0.230. The lowest BCUT2D eigenvalue weighted by Gasteiger charge is -2.45. The van der Waals surface area contributed by atoms with Crippen LogP contribution in [0, 0.1) is 5.92 Å². The SMILES string of the molecule is NC(CCC1CCCO1)C1CCOC2(CCSCC2)C1. The maximum absolute atomic E-state index is 6.50. The number of ether oxygens (including phenoxy) is 2. The van der Waals surface area contributed by atoms with Crippen molar-refractivity contribution < 1.29 is 9.47 Å². The van der Waals surface area contributed by atoms with Crippen LogP contribution in [-0.4, -0.2) is 42.5 Å². The molecule has 3 rings (SSSR count). The standard InChI is InChI=1S/C16H29NO2S/c17-15(4-3-14-2-1-8-18-14)13-5-9-19-16(12-13)6-10-20-11-7-16/h13-15H,1-12,17H2. The van der Waals surface area contributed by atoms with E-state index < -0.39 is 0 Å². The molecule has 0 radical (unpaired) electrons. The van der Waals surface area contributed by atoms with Crippen LogP contribution < -0.4 is 5.73 Å². The minimum atomic E-state index is 0.176. The summed E-state index contributed by atoms with van der Waals surface area (Å²) in [7, 11) is 0. The van der Waals surface area contributed by atoms with Crippen molar-refractivity contribution >= 4 is 11.8 Å². The molecule has 3 fully saturated rings. The molecule has 3 unspecified atom stereocenters. The predicted molar refractivity (Wildman–Crippen MR) is 84.1 cm³/mol. The van der Waals surface area contributed by atoms with Gasteiger partial charge >= 0.3 is 0 Å². The molecule has 3 nitrogen and oxygen atoms in total. The lowest BCUT2D eigenvalue weighted by molar-refractivity contribution is -0.106. The lowest BCUT2D eigenvalue weighted by Crippen LogP contribution is -2.47. The fourth-order valence-corrected chi connectivity index (χ4v) is 5.25. The Morgan fingerprint density at radius 3 is 2.80 bits per heavy atom. The Bertz CT molecular complexity index is 295. The van der Waals surface area contributed by atoms with E-state index in [4.69, 9.17) is 15.2 Å². The smallest absolute Gasteiger partial charge is 0.0701 e. The third kappa shape index (κ3) is 3.70. The molecule has 0 saturated carbocycles. The molecule has 0 bridgehead atoms. The molecule has 0 aromatic carbocycles. The summed E-state index contributed by atoms with van der Waals surface area (Å²) in [5.74, 6) is 3.18. The van der Waals surface area contributed by atoms with Gasteiger partial charge in [-0.3, -0.25) is 0 Å². The Morgan fingerprint density at radius 2 is 2.05 bits per heavy atom. The van der Waals surface area contributed by atoms with E-state index in [1.807, 2.05) is 0 Å². The highest BCUT2D eigenvalue weighted by Crippen LogP contribution is 2.41. The first-order chi connectivity index (χ1) is 9.77. The monoisotopic (exact) mass is 299 g/mol. The average Bonchev–Trinajstić information content (AvgIpc) is 2.99. The van der Waals surface area contributed by atoms with E-state index in [0.717, 1.165) is 32.5 Å². The first-order valence-corrected chi connectivity index (χ1v) is 9.52. The van der Waals surface area contributed by atoms with Crippen molar-refractivity contribution in [1.82, 2.24) is 0 Å². The summed E-state index contributed by atoms with van der Waals surface area (Å²) >= 11 is 2.07. The van der Waals surface area contributed by atoms with Gasteiger partial charge in [0.1, 0.15) is 0 Å². The molecule has 0 amide bonds. The number of rotatable bonds is 4. The zero-order chi connectivity index (χ0) is 13.8. The molecular weight excluding hydrogens is 270 g/mol. The van der Waals surface area contributed by atoms with Crippen molar-refractivity contribution in [3.05, 3.63) is 0 Å². The van der Waals surface area contributed by atoms with E-state index in [0.29, 0.717) is 18.1 Å². The van der Waals surface area contributed by atoms with Crippen molar-refractivity contribution in [2.75, 3.05) is 24.7 Å². The minimum Gasteiger partial charge on any atom is -0.378 e. The van der Waals surface area contributed by atoms with Gasteiger partial charge in [-0.25, -0.2) is 0 Å². The predicted octanol–water partition coefficient (Wildman–Crippen LogP) is 2.97. The summed E-state index contributed by atoms with van der Waals surface area (Å²) in [6, 6.07) is 0.342. The van der Waals surface area contributed by atoms with Gasteiger partial charge in [0.2, 0.25) is 0 Å². The van der Waals surface area contributed by atoms with E-state index in [1.165, 1.54) is 43.6 Å². The second-order valence-corrected chi connectivity index (χ2v) is 8.00. The molecule has 3 aliphatic rings. The third-order valence-electron chi connectivity index (χ3n) is 5.39. The number of hydrogen-bond acceptors (Lipinski definition) is 4. The van der Waals surface area contributed by atoms with E-state index in [2.05, 4.69) is 11.8 Å². The van der Waals surface area contributed by atoms with Gasteiger partial charge in [0, 0.05) is 19.3 Å². The van der Waals surface area contributed by atoms with Gasteiger partial charge in [-0.2, -0.15) is 11.8 Å². The first-order valence-electron chi connectivity index (χ1n) is 8.36. The molecule has 116 valence electrons. The van der Waals surface area contributed by atoms with Gasteiger partial charge in [0.25, 0.3) is 0 Å². The maximum Gasteiger partial charge on any atom is 0.0701 e. The Morgan fingerprint density at radius 1 is 1.20 bits per heavy atom. The summed E-state index contributed by atoms with van der Waals surface area (Å²) in [6.45, 7) is 1.88. The van der Waals surface area contributed by atoms with Crippen LogP contribution in [0.15, 0.2) is 0 Å². The van der Waals surface area contributed by atoms with Gasteiger partial charge in [-0.05, 0) is 68.8 Å². The van der Waals surface area contributed by atoms with Crippen LogP contribution in [0.4, 0.5) is 0 Å². The van der Waals surface area contributed by atoms with Crippen LogP contribution >= 0.6 is 11.8 Å². The average molecular weight is 299 g/mol. The molecule has 4 heteroatoms. The topological polar surface area (TPSA) is 44.5 Å². The number of thioether (sulfide) groups is 1. The normalized spacial score (nSPS) is 35.2. The molecular formula is C16H29NO2S. The van der Waals surface area contributed by atoms with Crippen molar-refractivity contribution in [3.63, 3.8) is 0 Å². The summed E-state index contributed by atoms with van der Waals surface area (Å²) in [6.07, 6.45) is 10.0. The van der Waals surface area contributed by atoms with Gasteiger partial charge in [-0.1, -0.05) is 0 Å². The van der Waals surface area contributed by atoms with Crippen molar-refractivity contribution in [3.8, 4) is 0 Å². The highest BCUT2D eigenvalue weighted by molar-refractivity contribution is 7.99. The van der Waals surface area contributed by atoms with Crippen LogP contribution in [0.25, 0.3) is 0 Å². The van der Waals surface area contributed by atoms with Crippen LogP contribution in [0.1, 0.15) is 51.4 Å². The molecule has 0 aliphatic carbocycles. The lowest BCUT2D eigenvalue weighted by atomic mass is 9.77. The molecule has 3 atom stereocenters. The molecule has 0 aromatic heterocycles. The number of hydrogen-bond donors (Lipinski definition) is 1. The van der Waals surface area contributed by atoms with E-state index in [1.54, 1.807) is 0 Å². The van der Waals surface area contributed by atoms with Crippen molar-refractivity contribution in [2.24, 2.45) is 11.7 Å². The van der Waals surface area contributed by atoms with Crippen LogP contribution in [0.5, 0.6) is 0 Å². The molecule has 3 aliphatic heterocycles. The molecule has 20 heavy (non-hydrogen) atoms. The van der Waals surface area contributed by atoms with E-state index in [9.17, 15) is 0 Å². The minimum absolute atomic E-state index is 0.176. The van der Waals surface area contributed by atoms with Gasteiger partial charge in [0.05, 0.1) is 11.7 Å². The summed E-state index contributed by atoms with van der Waals surface area (Å²) in [4.78, 5) is 0. The second kappa shape index (κ2) is 6.99. The van der Waals surface area contributed by atoms with Gasteiger partial charge < -0.3 is 15.2 Å². The van der Waals surface area contributed by atoms with Gasteiger partial charge in [0.15, 0.2) is 0 Å². The van der Waals surface area contributed by atoms with Crippen LogP contribution in [-0.2, 0) is 9.47 Å². The van der Waals surface area contributed by atoms with Crippen LogP contribution in [0.2, 0.25) is 0 Å². The first kappa shape index (κ1) is 15.1. The van der Waals surface area contributed by atoms with Crippen LogP contribution in [0.3, 0.4) is 0 Å². The Labute approximate surface area is 127 Å². The number of nitrogens with two attached hydrogens (primary N) is 1. The fraction of sp³-hybridized carbons (Fsp3) is 1.00. The zero-order valence-electron chi connectivity index (χ0n) is 12.5. The third-order valence-corrected chi connectivity index (χ3v) is 6.37. The van der Waals surface area contributed by atoms with E-state index in [-0.39, 0.29) is 5.60 Å². The molecule has 1 spiro atoms. The fourth-order valence-electron chi connectivity index (χ4n) is 4.01. The quantitative estimate of drug-likeness (QED) is 0.867. The summed E-state index contributed by atoms with van der Waals surface area (Å²) in [5, 5.41) is 0. The maximum atomic E-state index is 6.50. The highest BCUT2D eigenvalue weighted by atomic mass is 32.2. The largest absolute Gasteiger partial charge is 0.378 e. The molecule has 3 heterocycles. The summed E-state index contributed by atoms with van der Waals surface area (Å²) in [5.41, 5.74) is 6.68. The Balaban J connectivity index is 1.47. The molecule has 2 N–H and O–H groups in total. The van der Waals surface area contributed by atoms with Crippen molar-refractivity contribution in [2.45, 2.75) is 69.1 Å². The second-order valence-electron chi connectivity index (χ2n) is 6.77. The van der Waals surface area contributed by atoms with Gasteiger partial charge in [-0.15, -0.1) is 0 Å². The molecule has 3 saturated heterocycles. The van der Waals surface area contributed by atoms with E-state index >= 15 is 0 Å². The zero-order valence-corrected chi connectivity index (χ0v) is 13.3. The van der Waals surface area contributed by atoms with Crippen molar-refractivity contribution in [1.29, 1.82) is 0 Å². The Kier molecular flexibility index (Phi) is 5.29. The summed E-state index contributed by atoms with van der Waals surface area (Å²) < 4.78 is 11.9. The highest BCUT2D eigenvalue weighted by Gasteiger charge is 2.40. The molecule has 0 aromatic rings.